The minimum Gasteiger partial charge on any atom is -0.438 e. The number of nitrogens with one attached hydrogen (secondary N) is 1. The van der Waals surface area contributed by atoms with E-state index in [0.717, 1.165) is 43.6 Å². The SMILES string of the molecule is ONC(=NCCN1CCOCC1)c1cccnc1Oc1ccc2ccccc2c1. The van der Waals surface area contributed by atoms with Crippen molar-refractivity contribution in [1.29, 1.82) is 0 Å². The van der Waals surface area contributed by atoms with Gasteiger partial charge in [0.05, 0.1) is 25.3 Å². The van der Waals surface area contributed by atoms with E-state index in [1.165, 1.54) is 0 Å². The Morgan fingerprint density at radius 1 is 1.10 bits per heavy atom. The van der Waals surface area contributed by atoms with Crippen molar-refractivity contribution in [2.24, 2.45) is 4.99 Å². The van der Waals surface area contributed by atoms with Gasteiger partial charge in [-0.3, -0.25) is 20.6 Å². The largest absolute Gasteiger partial charge is 0.438 e. The fourth-order valence-electron chi connectivity index (χ4n) is 3.30. The Morgan fingerprint density at radius 3 is 2.76 bits per heavy atom. The number of nitrogens with zero attached hydrogens (tertiary/aromatic N) is 3. The summed E-state index contributed by atoms with van der Waals surface area (Å²) in [6.07, 6.45) is 1.66. The second-order valence-corrected chi connectivity index (χ2v) is 6.76. The summed E-state index contributed by atoms with van der Waals surface area (Å²) in [5.74, 6) is 1.39. The topological polar surface area (TPSA) is 79.2 Å². The third kappa shape index (κ3) is 4.89. The number of pyridine rings is 1. The Kier molecular flexibility index (Phi) is 6.31. The zero-order valence-electron chi connectivity index (χ0n) is 16.1. The highest BCUT2D eigenvalue weighted by Gasteiger charge is 2.14. The van der Waals surface area contributed by atoms with Crippen LogP contribution < -0.4 is 10.2 Å². The summed E-state index contributed by atoms with van der Waals surface area (Å²) >= 11 is 0. The van der Waals surface area contributed by atoms with Gasteiger partial charge in [0.1, 0.15) is 5.75 Å². The normalized spacial score (nSPS) is 15.4. The van der Waals surface area contributed by atoms with Crippen molar-refractivity contribution in [3.05, 3.63) is 66.4 Å². The number of rotatable bonds is 6. The number of aromatic nitrogens is 1. The summed E-state index contributed by atoms with van der Waals surface area (Å²) in [6.45, 7) is 4.66. The summed E-state index contributed by atoms with van der Waals surface area (Å²) in [5.41, 5.74) is 2.80. The first-order chi connectivity index (χ1) is 14.3. The molecule has 7 nitrogen and oxygen atoms in total. The predicted octanol–water partition coefficient (Wildman–Crippen LogP) is 3.08. The second kappa shape index (κ2) is 9.47. The zero-order valence-corrected chi connectivity index (χ0v) is 16.1. The quantitative estimate of drug-likeness (QED) is 0.381. The van der Waals surface area contributed by atoms with Gasteiger partial charge >= 0.3 is 0 Å². The van der Waals surface area contributed by atoms with E-state index in [4.69, 9.17) is 9.47 Å². The lowest BCUT2D eigenvalue weighted by molar-refractivity contribution is 0.0394. The summed E-state index contributed by atoms with van der Waals surface area (Å²) in [7, 11) is 0. The van der Waals surface area contributed by atoms with E-state index < -0.39 is 0 Å². The van der Waals surface area contributed by atoms with Crippen LogP contribution >= 0.6 is 0 Å². The van der Waals surface area contributed by atoms with E-state index in [9.17, 15) is 5.21 Å². The number of amidine groups is 1. The van der Waals surface area contributed by atoms with Gasteiger partial charge in [-0.1, -0.05) is 30.3 Å². The molecule has 1 saturated heterocycles. The molecule has 0 radical (unpaired) electrons. The predicted molar refractivity (Wildman–Crippen MR) is 112 cm³/mol. The van der Waals surface area contributed by atoms with E-state index in [-0.39, 0.29) is 0 Å². The number of fused-ring (bicyclic) bond motifs is 1. The fraction of sp³-hybridized carbons (Fsp3) is 0.273. The summed E-state index contributed by atoms with van der Waals surface area (Å²) in [6, 6.07) is 17.6. The number of hydrogen-bond acceptors (Lipinski definition) is 6. The van der Waals surface area contributed by atoms with Gasteiger partial charge in [0, 0.05) is 25.8 Å². The Bertz CT molecular complexity index is 986. The maximum Gasteiger partial charge on any atom is 0.230 e. The molecule has 150 valence electrons. The van der Waals surface area contributed by atoms with Crippen LogP contribution in [0.25, 0.3) is 10.8 Å². The van der Waals surface area contributed by atoms with Crippen molar-refractivity contribution in [3.8, 4) is 11.6 Å². The average molecular weight is 392 g/mol. The van der Waals surface area contributed by atoms with Crippen LogP contribution in [0.2, 0.25) is 0 Å². The highest BCUT2D eigenvalue weighted by Crippen LogP contribution is 2.26. The zero-order chi connectivity index (χ0) is 19.9. The van der Waals surface area contributed by atoms with Crippen molar-refractivity contribution < 1.29 is 14.7 Å². The molecule has 0 saturated carbocycles. The Labute approximate surface area is 169 Å². The van der Waals surface area contributed by atoms with Gasteiger partial charge in [-0.2, -0.15) is 0 Å². The maximum atomic E-state index is 9.65. The smallest absolute Gasteiger partial charge is 0.230 e. The van der Waals surface area contributed by atoms with E-state index >= 15 is 0 Å². The van der Waals surface area contributed by atoms with Crippen LogP contribution in [-0.2, 0) is 4.74 Å². The lowest BCUT2D eigenvalue weighted by atomic mass is 10.1. The van der Waals surface area contributed by atoms with Crippen LogP contribution in [0.3, 0.4) is 0 Å². The first-order valence-corrected chi connectivity index (χ1v) is 9.70. The van der Waals surface area contributed by atoms with Gasteiger partial charge in [0.15, 0.2) is 5.84 Å². The van der Waals surface area contributed by atoms with E-state index in [1.807, 2.05) is 42.5 Å². The first-order valence-electron chi connectivity index (χ1n) is 9.70. The molecule has 0 unspecified atom stereocenters. The summed E-state index contributed by atoms with van der Waals surface area (Å²) < 4.78 is 11.4. The Balaban J connectivity index is 1.51. The third-order valence-corrected chi connectivity index (χ3v) is 4.86. The monoisotopic (exact) mass is 392 g/mol. The molecule has 2 N–H and O–H groups in total. The molecule has 0 aliphatic carbocycles. The van der Waals surface area contributed by atoms with Crippen LogP contribution in [-0.4, -0.2) is 60.3 Å². The van der Waals surface area contributed by atoms with Gasteiger partial charge in [-0.05, 0) is 35.0 Å². The molecule has 29 heavy (non-hydrogen) atoms. The first kappa shape index (κ1) is 19.3. The molecule has 4 rings (SSSR count). The summed E-state index contributed by atoms with van der Waals surface area (Å²) in [4.78, 5) is 11.1. The fourth-order valence-corrected chi connectivity index (χ4v) is 3.30. The minimum atomic E-state index is 0.335. The molecular weight excluding hydrogens is 368 g/mol. The summed E-state index contributed by atoms with van der Waals surface area (Å²) in [5, 5.41) is 11.9. The number of hydroxylamine groups is 1. The number of ether oxygens (including phenoxy) is 2. The molecule has 0 atom stereocenters. The molecule has 1 fully saturated rings. The molecule has 7 heteroatoms. The lowest BCUT2D eigenvalue weighted by Gasteiger charge is -2.25. The van der Waals surface area contributed by atoms with E-state index in [0.29, 0.717) is 29.6 Å². The maximum absolute atomic E-state index is 9.65. The highest BCUT2D eigenvalue weighted by atomic mass is 16.5. The van der Waals surface area contributed by atoms with Gasteiger partial charge in [0.2, 0.25) is 5.88 Å². The van der Waals surface area contributed by atoms with E-state index in [1.54, 1.807) is 12.3 Å². The average Bonchev–Trinajstić information content (AvgIpc) is 2.78. The standard InChI is InChI=1S/C22H24N4O3/c27-25-21(23-10-11-26-12-14-28-15-13-26)20-6-3-9-24-22(20)29-19-8-7-17-4-1-2-5-18(17)16-19/h1-9,16,27H,10-15H2,(H,23,25). The van der Waals surface area contributed by atoms with Crippen LogP contribution in [0, 0.1) is 0 Å². The van der Waals surface area contributed by atoms with Crippen LogP contribution in [0.1, 0.15) is 5.56 Å². The van der Waals surface area contributed by atoms with E-state index in [2.05, 4.69) is 26.4 Å². The van der Waals surface area contributed by atoms with Gasteiger partial charge in [-0.15, -0.1) is 0 Å². The minimum absolute atomic E-state index is 0.335. The molecule has 2 heterocycles. The molecule has 0 spiro atoms. The van der Waals surface area contributed by atoms with Crippen LogP contribution in [0.5, 0.6) is 11.6 Å². The van der Waals surface area contributed by atoms with Gasteiger partial charge in [0.25, 0.3) is 0 Å². The third-order valence-electron chi connectivity index (χ3n) is 4.86. The molecule has 0 amide bonds. The molecule has 0 bridgehead atoms. The van der Waals surface area contributed by atoms with Crippen molar-refractivity contribution >= 4 is 16.6 Å². The molecular formula is C22H24N4O3. The van der Waals surface area contributed by atoms with Crippen molar-refractivity contribution in [1.82, 2.24) is 15.4 Å². The highest BCUT2D eigenvalue weighted by molar-refractivity contribution is 6.00. The van der Waals surface area contributed by atoms with Gasteiger partial charge in [-0.25, -0.2) is 4.98 Å². The number of aliphatic imine (C=N–C) groups is 1. The molecule has 1 aromatic heterocycles. The number of morpholine rings is 1. The molecule has 2 aromatic carbocycles. The lowest BCUT2D eigenvalue weighted by Crippen LogP contribution is -2.38. The van der Waals surface area contributed by atoms with Crippen molar-refractivity contribution in [2.45, 2.75) is 0 Å². The van der Waals surface area contributed by atoms with Crippen LogP contribution in [0.4, 0.5) is 0 Å². The molecule has 1 aliphatic heterocycles. The second-order valence-electron chi connectivity index (χ2n) is 6.76. The van der Waals surface area contributed by atoms with Crippen LogP contribution in [0.15, 0.2) is 65.8 Å². The molecule has 1 aliphatic rings. The van der Waals surface area contributed by atoms with Crippen molar-refractivity contribution in [2.75, 3.05) is 39.4 Å². The number of benzene rings is 2. The molecule has 3 aromatic rings. The van der Waals surface area contributed by atoms with Gasteiger partial charge < -0.3 is 9.47 Å². The number of hydrogen-bond donors (Lipinski definition) is 2. The Morgan fingerprint density at radius 2 is 1.93 bits per heavy atom. The Hall–Kier alpha value is -3.00. The van der Waals surface area contributed by atoms with Crippen molar-refractivity contribution in [3.63, 3.8) is 0 Å².